The molecule has 0 saturated carbocycles. The Bertz CT molecular complexity index is 1090. The summed E-state index contributed by atoms with van der Waals surface area (Å²) in [6.45, 7) is 6.77. The number of benzene rings is 2. The van der Waals surface area contributed by atoms with Crippen LogP contribution in [0.4, 0.5) is 11.5 Å². The molecular formula is C25H30N6O. The molecule has 7 heteroatoms. The lowest BCUT2D eigenvalue weighted by molar-refractivity contribution is -0.117. The van der Waals surface area contributed by atoms with E-state index in [1.54, 1.807) is 6.33 Å². The Morgan fingerprint density at radius 1 is 1.12 bits per heavy atom. The van der Waals surface area contributed by atoms with Gasteiger partial charge in [0.2, 0.25) is 5.91 Å². The fourth-order valence-corrected chi connectivity index (χ4v) is 4.88. The molecule has 2 saturated heterocycles. The van der Waals surface area contributed by atoms with Crippen molar-refractivity contribution in [1.82, 2.24) is 19.8 Å². The highest BCUT2D eigenvalue weighted by Gasteiger charge is 2.31. The van der Waals surface area contributed by atoms with Gasteiger partial charge in [-0.1, -0.05) is 30.3 Å². The second-order valence-corrected chi connectivity index (χ2v) is 8.85. The molecule has 3 aromatic rings. The van der Waals surface area contributed by atoms with Crippen LogP contribution in [0.5, 0.6) is 0 Å². The van der Waals surface area contributed by atoms with E-state index in [1.165, 1.54) is 24.9 Å². The quantitative estimate of drug-likeness (QED) is 0.623. The summed E-state index contributed by atoms with van der Waals surface area (Å²) in [7, 11) is 0. The molecule has 5 rings (SSSR count). The van der Waals surface area contributed by atoms with E-state index in [4.69, 9.17) is 0 Å². The van der Waals surface area contributed by atoms with Crippen molar-refractivity contribution in [3.05, 3.63) is 60.4 Å². The lowest BCUT2D eigenvalue weighted by Crippen LogP contribution is -2.51. The lowest BCUT2D eigenvalue weighted by atomic mass is 10.1. The van der Waals surface area contributed by atoms with Crippen LogP contribution in [-0.2, 0) is 4.79 Å². The van der Waals surface area contributed by atoms with Crippen molar-refractivity contribution < 1.29 is 4.79 Å². The van der Waals surface area contributed by atoms with Crippen LogP contribution in [0.3, 0.4) is 0 Å². The van der Waals surface area contributed by atoms with Crippen molar-refractivity contribution in [3.8, 4) is 0 Å². The number of aromatic nitrogens is 2. The number of piperazine rings is 1. The van der Waals surface area contributed by atoms with Crippen LogP contribution in [-0.4, -0.2) is 64.4 Å². The molecule has 0 aliphatic carbocycles. The van der Waals surface area contributed by atoms with Crippen LogP contribution in [0.15, 0.2) is 54.9 Å². The van der Waals surface area contributed by atoms with Crippen LogP contribution in [0.25, 0.3) is 10.9 Å². The maximum Gasteiger partial charge on any atom is 0.238 e. The zero-order valence-corrected chi connectivity index (χ0v) is 18.5. The molecule has 166 valence electrons. The number of nitrogens with zero attached hydrogens (tertiary/aromatic N) is 4. The predicted molar refractivity (Wildman–Crippen MR) is 128 cm³/mol. The minimum Gasteiger partial charge on any atom is -0.363 e. The molecule has 7 nitrogen and oxygen atoms in total. The van der Waals surface area contributed by atoms with Crippen LogP contribution in [0, 0.1) is 0 Å². The monoisotopic (exact) mass is 430 g/mol. The summed E-state index contributed by atoms with van der Waals surface area (Å²) < 4.78 is 0. The van der Waals surface area contributed by atoms with Crippen LogP contribution in [0.2, 0.25) is 0 Å². The van der Waals surface area contributed by atoms with Crippen LogP contribution >= 0.6 is 0 Å². The normalized spacial score (nSPS) is 20.1. The maximum absolute atomic E-state index is 12.7. The molecule has 2 aliphatic rings. The van der Waals surface area contributed by atoms with Gasteiger partial charge in [-0.05, 0) is 50.1 Å². The SMILES string of the molecule is C[C@@H](Nc1ncnc2ccc(NC(=O)CN3CCN4CCCC4C3)cc12)c1ccccc1. The molecule has 1 unspecified atom stereocenters. The third kappa shape index (κ3) is 4.59. The number of nitrogens with one attached hydrogen (secondary N) is 2. The van der Waals surface area contributed by atoms with Gasteiger partial charge in [0.1, 0.15) is 12.1 Å². The van der Waals surface area contributed by atoms with Gasteiger partial charge < -0.3 is 10.6 Å². The van der Waals surface area contributed by atoms with Gasteiger partial charge in [0.05, 0.1) is 12.1 Å². The van der Waals surface area contributed by atoms with E-state index in [2.05, 4.69) is 49.5 Å². The van der Waals surface area contributed by atoms with Gasteiger partial charge in [-0.15, -0.1) is 0 Å². The molecule has 0 spiro atoms. The van der Waals surface area contributed by atoms with E-state index >= 15 is 0 Å². The number of carbonyl (C=O) groups is 1. The largest absolute Gasteiger partial charge is 0.363 e. The van der Waals surface area contributed by atoms with Gasteiger partial charge >= 0.3 is 0 Å². The van der Waals surface area contributed by atoms with E-state index < -0.39 is 0 Å². The average molecular weight is 431 g/mol. The number of hydrogen-bond acceptors (Lipinski definition) is 6. The summed E-state index contributed by atoms with van der Waals surface area (Å²) in [6.07, 6.45) is 4.10. The van der Waals surface area contributed by atoms with Crippen molar-refractivity contribution in [2.75, 3.05) is 43.4 Å². The molecule has 2 atom stereocenters. The first-order valence-electron chi connectivity index (χ1n) is 11.5. The Labute approximate surface area is 188 Å². The van der Waals surface area contributed by atoms with Gasteiger partial charge in [0.15, 0.2) is 0 Å². The lowest BCUT2D eigenvalue weighted by Gasteiger charge is -2.37. The Morgan fingerprint density at radius 2 is 2.00 bits per heavy atom. The Hall–Kier alpha value is -3.03. The molecule has 0 bridgehead atoms. The third-order valence-electron chi connectivity index (χ3n) is 6.61. The summed E-state index contributed by atoms with van der Waals surface area (Å²) >= 11 is 0. The Balaban J connectivity index is 1.27. The van der Waals surface area contributed by atoms with Gasteiger partial charge in [0.25, 0.3) is 0 Å². The molecule has 1 aromatic heterocycles. The van der Waals surface area contributed by atoms with Gasteiger partial charge in [-0.25, -0.2) is 9.97 Å². The minimum absolute atomic E-state index is 0.0276. The Morgan fingerprint density at radius 3 is 2.88 bits per heavy atom. The number of hydrogen-bond donors (Lipinski definition) is 2. The average Bonchev–Trinajstić information content (AvgIpc) is 3.28. The van der Waals surface area contributed by atoms with E-state index in [0.29, 0.717) is 12.6 Å². The standard InChI is InChI=1S/C25H30N6O/c1-18(19-6-3-2-4-7-19)28-25-22-14-20(9-10-23(22)26-17-27-25)29-24(32)16-30-12-13-31-11-5-8-21(31)15-30/h2-4,6-7,9-10,14,17-18,21H,5,8,11-13,15-16H2,1H3,(H,29,32)(H,26,27,28)/t18-,21?/m1/s1. The van der Waals surface area contributed by atoms with Gasteiger partial charge in [-0.2, -0.15) is 0 Å². The first-order chi connectivity index (χ1) is 15.7. The van der Waals surface area contributed by atoms with Crippen molar-refractivity contribution >= 4 is 28.3 Å². The van der Waals surface area contributed by atoms with Crippen LogP contribution in [0.1, 0.15) is 31.4 Å². The molecule has 0 radical (unpaired) electrons. The zero-order valence-electron chi connectivity index (χ0n) is 18.5. The first kappa shape index (κ1) is 20.8. The summed E-state index contributed by atoms with van der Waals surface area (Å²) in [5.41, 5.74) is 2.80. The van der Waals surface area contributed by atoms with E-state index in [9.17, 15) is 4.79 Å². The molecule has 3 heterocycles. The highest BCUT2D eigenvalue weighted by Crippen LogP contribution is 2.27. The third-order valence-corrected chi connectivity index (χ3v) is 6.61. The van der Waals surface area contributed by atoms with Gasteiger partial charge in [-0.3, -0.25) is 14.6 Å². The van der Waals surface area contributed by atoms with Crippen molar-refractivity contribution in [3.63, 3.8) is 0 Å². The molecular weight excluding hydrogens is 400 g/mol. The topological polar surface area (TPSA) is 73.4 Å². The minimum atomic E-state index is 0.0276. The summed E-state index contributed by atoms with van der Waals surface area (Å²) in [6, 6.07) is 16.8. The molecule has 2 aliphatic heterocycles. The Kier molecular flexibility index (Phi) is 6.01. The predicted octanol–water partition coefficient (Wildman–Crippen LogP) is 3.52. The summed E-state index contributed by atoms with van der Waals surface area (Å²) in [5.74, 6) is 0.791. The molecule has 2 aromatic carbocycles. The maximum atomic E-state index is 12.7. The molecule has 2 fully saturated rings. The number of rotatable bonds is 6. The first-order valence-corrected chi connectivity index (χ1v) is 11.5. The second kappa shape index (κ2) is 9.22. The molecule has 2 N–H and O–H groups in total. The van der Waals surface area contributed by atoms with Gasteiger partial charge in [0, 0.05) is 42.8 Å². The number of anilines is 2. The fourth-order valence-electron chi connectivity index (χ4n) is 4.88. The van der Waals surface area contributed by atoms with Crippen LogP contribution < -0.4 is 10.6 Å². The smallest absolute Gasteiger partial charge is 0.238 e. The van der Waals surface area contributed by atoms with Crippen molar-refractivity contribution in [1.29, 1.82) is 0 Å². The molecule has 32 heavy (non-hydrogen) atoms. The fraction of sp³-hybridized carbons (Fsp3) is 0.400. The van der Waals surface area contributed by atoms with E-state index in [-0.39, 0.29) is 11.9 Å². The number of carbonyl (C=O) groups excluding carboxylic acids is 1. The molecule has 1 amide bonds. The summed E-state index contributed by atoms with van der Waals surface area (Å²) in [5, 5.41) is 7.46. The highest BCUT2D eigenvalue weighted by atomic mass is 16.2. The number of fused-ring (bicyclic) bond motifs is 2. The highest BCUT2D eigenvalue weighted by molar-refractivity contribution is 5.97. The van der Waals surface area contributed by atoms with E-state index in [0.717, 1.165) is 42.0 Å². The van der Waals surface area contributed by atoms with Crippen molar-refractivity contribution in [2.24, 2.45) is 0 Å². The second-order valence-electron chi connectivity index (χ2n) is 8.85. The zero-order chi connectivity index (χ0) is 21.9. The van der Waals surface area contributed by atoms with Crippen molar-refractivity contribution in [2.45, 2.75) is 31.8 Å². The number of amides is 1. The van der Waals surface area contributed by atoms with E-state index in [1.807, 2.05) is 36.4 Å². The summed E-state index contributed by atoms with van der Waals surface area (Å²) in [4.78, 5) is 26.4.